The zero-order valence-electron chi connectivity index (χ0n) is 17.2. The van der Waals surface area contributed by atoms with Crippen LogP contribution in [0.1, 0.15) is 36.2 Å². The minimum atomic E-state index is -0.646. The van der Waals surface area contributed by atoms with Crippen LogP contribution >= 0.6 is 11.6 Å². The van der Waals surface area contributed by atoms with Crippen LogP contribution < -0.4 is 0 Å². The van der Waals surface area contributed by atoms with Crippen molar-refractivity contribution < 1.29 is 14.3 Å². The highest BCUT2D eigenvalue weighted by Crippen LogP contribution is 2.26. The van der Waals surface area contributed by atoms with Crippen molar-refractivity contribution in [1.82, 2.24) is 14.7 Å². The molecular formula is C22H26ClN3O3. The molecule has 1 aromatic carbocycles. The lowest BCUT2D eigenvalue weighted by atomic mass is 9.94. The Bertz CT molecular complexity index is 949. The van der Waals surface area contributed by atoms with Crippen LogP contribution in [0.4, 0.5) is 0 Å². The Balaban J connectivity index is 1.85. The number of methoxy groups -OCH3 is 1. The van der Waals surface area contributed by atoms with Gasteiger partial charge in [-0.2, -0.15) is 5.10 Å². The van der Waals surface area contributed by atoms with Crippen molar-refractivity contribution in [2.45, 2.75) is 46.3 Å². The molecule has 1 atom stereocenters. The first-order valence-electron chi connectivity index (χ1n) is 9.68. The molecular weight excluding hydrogens is 390 g/mol. The number of carbonyl (C=O) groups is 2. The number of hydrogen-bond acceptors (Lipinski definition) is 4. The van der Waals surface area contributed by atoms with Gasteiger partial charge in [-0.25, -0.2) is 4.79 Å². The number of esters is 1. The largest absolute Gasteiger partial charge is 0.467 e. The molecule has 0 radical (unpaired) electrons. The van der Waals surface area contributed by atoms with Gasteiger partial charge in [0.05, 0.1) is 12.8 Å². The van der Waals surface area contributed by atoms with Crippen molar-refractivity contribution in [3.63, 3.8) is 0 Å². The lowest BCUT2D eigenvalue weighted by molar-refractivity contribution is -0.152. The van der Waals surface area contributed by atoms with Crippen LogP contribution in [0.15, 0.2) is 30.3 Å². The van der Waals surface area contributed by atoms with Crippen molar-refractivity contribution in [2.75, 3.05) is 7.11 Å². The fourth-order valence-electron chi connectivity index (χ4n) is 3.57. The molecule has 0 saturated carbocycles. The highest BCUT2D eigenvalue weighted by molar-refractivity contribution is 6.31. The lowest BCUT2D eigenvalue weighted by Gasteiger charge is -2.34. The minimum Gasteiger partial charge on any atom is -0.467 e. The fourth-order valence-corrected chi connectivity index (χ4v) is 3.88. The zero-order valence-corrected chi connectivity index (χ0v) is 17.9. The van der Waals surface area contributed by atoms with E-state index in [9.17, 15) is 9.59 Å². The molecule has 3 rings (SSSR count). The van der Waals surface area contributed by atoms with Crippen LogP contribution in [0.25, 0.3) is 6.08 Å². The van der Waals surface area contributed by atoms with Crippen molar-refractivity contribution in [2.24, 2.45) is 5.92 Å². The average molecular weight is 416 g/mol. The molecule has 0 spiro atoms. The summed E-state index contributed by atoms with van der Waals surface area (Å²) < 4.78 is 6.69. The summed E-state index contributed by atoms with van der Waals surface area (Å²) in [6.07, 6.45) is 3.58. The van der Waals surface area contributed by atoms with Crippen molar-refractivity contribution >= 4 is 29.6 Å². The van der Waals surface area contributed by atoms with Crippen molar-refractivity contribution in [3.8, 4) is 0 Å². The number of nitrogens with zero attached hydrogens (tertiary/aromatic N) is 3. The van der Waals surface area contributed by atoms with Gasteiger partial charge in [-0.15, -0.1) is 0 Å². The molecule has 2 aromatic rings. The second kappa shape index (κ2) is 8.82. The van der Waals surface area contributed by atoms with E-state index < -0.39 is 12.0 Å². The number of rotatable bonds is 5. The van der Waals surface area contributed by atoms with Crippen LogP contribution in [-0.2, 0) is 33.8 Å². The summed E-state index contributed by atoms with van der Waals surface area (Å²) in [6, 6.07) is 7.18. The summed E-state index contributed by atoms with van der Waals surface area (Å²) in [5, 5.41) is 4.97. The number of amides is 1. The number of halogens is 1. The highest BCUT2D eigenvalue weighted by Gasteiger charge is 2.34. The van der Waals surface area contributed by atoms with Gasteiger partial charge in [0.15, 0.2) is 0 Å². The quantitative estimate of drug-likeness (QED) is 0.552. The van der Waals surface area contributed by atoms with E-state index in [1.807, 2.05) is 31.2 Å². The number of aryl methyl sites for hydroxylation is 1. The van der Waals surface area contributed by atoms with Gasteiger partial charge < -0.3 is 9.64 Å². The average Bonchev–Trinajstić information content (AvgIpc) is 2.96. The number of fused-ring (bicyclic) bond motifs is 1. The Morgan fingerprint density at radius 2 is 2.00 bits per heavy atom. The normalized spacial score (nSPS) is 16.3. The molecule has 1 amide bonds. The Morgan fingerprint density at radius 3 is 2.66 bits per heavy atom. The van der Waals surface area contributed by atoms with Crippen LogP contribution in [0.3, 0.4) is 0 Å². The van der Waals surface area contributed by atoms with Crippen LogP contribution in [0.5, 0.6) is 0 Å². The number of benzene rings is 1. The fraction of sp³-hybridized carbons (Fsp3) is 0.409. The van der Waals surface area contributed by atoms with E-state index in [-0.39, 0.29) is 5.91 Å². The van der Waals surface area contributed by atoms with E-state index >= 15 is 0 Å². The van der Waals surface area contributed by atoms with E-state index in [1.54, 1.807) is 15.7 Å². The predicted molar refractivity (Wildman–Crippen MR) is 112 cm³/mol. The Hall–Kier alpha value is -2.60. The van der Waals surface area contributed by atoms with E-state index in [2.05, 4.69) is 18.9 Å². The molecule has 0 saturated heterocycles. The van der Waals surface area contributed by atoms with Gasteiger partial charge in [-0.05, 0) is 30.0 Å². The molecule has 29 heavy (non-hydrogen) atoms. The Kier molecular flexibility index (Phi) is 6.42. The zero-order chi connectivity index (χ0) is 21.1. The molecule has 7 heteroatoms. The van der Waals surface area contributed by atoms with Gasteiger partial charge in [0, 0.05) is 31.1 Å². The maximum atomic E-state index is 13.0. The monoisotopic (exact) mass is 415 g/mol. The second-order valence-corrected chi connectivity index (χ2v) is 8.04. The summed E-state index contributed by atoms with van der Waals surface area (Å²) in [7, 11) is 1.34. The molecule has 0 N–H and O–H groups in total. The number of ether oxygens (including phenoxy) is 1. The summed E-state index contributed by atoms with van der Waals surface area (Å²) in [5.74, 6) is -0.276. The van der Waals surface area contributed by atoms with Crippen LogP contribution in [0.2, 0.25) is 5.15 Å². The third-order valence-electron chi connectivity index (χ3n) is 5.04. The SMILES string of the molecule is COC(=O)C1Cc2ccccc2CN1C(=O)C=Cc1c(C)nn(CC(C)C)c1Cl. The molecule has 1 aliphatic heterocycles. The van der Waals surface area contributed by atoms with Gasteiger partial charge >= 0.3 is 5.97 Å². The minimum absolute atomic E-state index is 0.262. The molecule has 1 unspecified atom stereocenters. The molecule has 0 aliphatic carbocycles. The van der Waals surface area contributed by atoms with Gasteiger partial charge in [0.25, 0.3) is 0 Å². The predicted octanol–water partition coefficient (Wildman–Crippen LogP) is 3.64. The molecule has 1 aliphatic rings. The third kappa shape index (κ3) is 4.53. The van der Waals surface area contributed by atoms with Gasteiger partial charge in [-0.1, -0.05) is 49.7 Å². The van der Waals surface area contributed by atoms with Crippen LogP contribution in [0, 0.1) is 12.8 Å². The highest BCUT2D eigenvalue weighted by atomic mass is 35.5. The van der Waals surface area contributed by atoms with Gasteiger partial charge in [0.1, 0.15) is 11.2 Å². The third-order valence-corrected chi connectivity index (χ3v) is 5.44. The van der Waals surface area contributed by atoms with Gasteiger partial charge in [-0.3, -0.25) is 9.48 Å². The summed E-state index contributed by atoms with van der Waals surface area (Å²) in [6.45, 7) is 7.11. The number of aromatic nitrogens is 2. The molecule has 1 aromatic heterocycles. The van der Waals surface area contributed by atoms with E-state index in [1.165, 1.54) is 13.2 Å². The molecule has 6 nitrogen and oxygen atoms in total. The van der Waals surface area contributed by atoms with E-state index in [4.69, 9.17) is 16.3 Å². The molecule has 0 fully saturated rings. The summed E-state index contributed by atoms with van der Waals surface area (Å²) in [5.41, 5.74) is 3.57. The first-order valence-corrected chi connectivity index (χ1v) is 10.1. The van der Waals surface area contributed by atoms with E-state index in [0.717, 1.165) is 16.8 Å². The number of hydrogen-bond donors (Lipinski definition) is 0. The standard InChI is InChI=1S/C22H26ClN3O3/c1-14(2)12-26-21(23)18(15(3)24-26)9-10-20(27)25-13-17-8-6-5-7-16(17)11-19(25)22(28)29-4/h5-10,14,19H,11-13H2,1-4H3. The van der Waals surface area contributed by atoms with E-state index in [0.29, 0.717) is 36.1 Å². The van der Waals surface area contributed by atoms with Crippen LogP contribution in [-0.4, -0.2) is 39.7 Å². The smallest absolute Gasteiger partial charge is 0.328 e. The van der Waals surface area contributed by atoms with Crippen molar-refractivity contribution in [3.05, 3.63) is 57.9 Å². The Morgan fingerprint density at radius 1 is 1.31 bits per heavy atom. The summed E-state index contributed by atoms with van der Waals surface area (Å²) in [4.78, 5) is 26.8. The Labute approximate surface area is 176 Å². The van der Waals surface area contributed by atoms with Crippen molar-refractivity contribution in [1.29, 1.82) is 0 Å². The molecule has 2 heterocycles. The summed E-state index contributed by atoms with van der Waals surface area (Å²) >= 11 is 6.46. The lowest BCUT2D eigenvalue weighted by Crippen LogP contribution is -2.48. The van der Waals surface area contributed by atoms with Gasteiger partial charge in [0.2, 0.25) is 5.91 Å². The number of carbonyl (C=O) groups excluding carboxylic acids is 2. The maximum absolute atomic E-state index is 13.0. The second-order valence-electron chi connectivity index (χ2n) is 7.68. The topological polar surface area (TPSA) is 64.4 Å². The maximum Gasteiger partial charge on any atom is 0.328 e. The first kappa shape index (κ1) is 21.1. The molecule has 154 valence electrons. The molecule has 0 bridgehead atoms. The first-order chi connectivity index (χ1) is 13.8.